The molecule has 0 saturated carbocycles. The highest BCUT2D eigenvalue weighted by atomic mass is 16.4. The molecule has 3 unspecified atom stereocenters. The van der Waals surface area contributed by atoms with Crippen LogP contribution in [0.3, 0.4) is 0 Å². The second-order valence-corrected chi connectivity index (χ2v) is 11.5. The molecule has 0 aliphatic carbocycles. The molecule has 0 saturated heterocycles. The Labute approximate surface area is 220 Å². The van der Waals surface area contributed by atoms with E-state index < -0.39 is 40.9 Å². The van der Waals surface area contributed by atoms with Gasteiger partial charge in [-0.3, -0.25) is 9.59 Å². The summed E-state index contributed by atoms with van der Waals surface area (Å²) in [6.45, 7) is 14.6. The van der Waals surface area contributed by atoms with Gasteiger partial charge in [0.05, 0.1) is 17.6 Å². The molecule has 1 rings (SSSR count). The molecule has 0 aliphatic rings. The van der Waals surface area contributed by atoms with Gasteiger partial charge in [0.25, 0.3) is 0 Å². The standard InChI is InChI=1S/C28H43N3O6/c1-16(2)20(15-17(3)25(34)35)31(10)24(33)22(27(4,5)6)30-23(32)21(29-9)28(7,8)19-13-11-18(12-14-19)26(36)37/h11-16,20-22,29H,1-10H3,(H,30,32)(H,34,35)(H,36,37)/b17-15+. The fourth-order valence-electron chi connectivity index (χ4n) is 4.33. The molecule has 3 atom stereocenters. The van der Waals surface area contributed by atoms with E-state index in [1.54, 1.807) is 32.3 Å². The van der Waals surface area contributed by atoms with Gasteiger partial charge in [-0.25, -0.2) is 9.59 Å². The maximum Gasteiger partial charge on any atom is 0.335 e. The Bertz CT molecular complexity index is 1020. The molecule has 4 N–H and O–H groups in total. The SMILES string of the molecule is CNC(C(=O)NC(C(=O)N(C)C(/C=C(\C)C(=O)O)C(C)C)C(C)(C)C)C(C)(C)c1ccc(C(=O)O)cc1. The van der Waals surface area contributed by atoms with E-state index in [9.17, 15) is 29.4 Å². The average Bonchev–Trinajstić information content (AvgIpc) is 2.79. The van der Waals surface area contributed by atoms with E-state index in [-0.39, 0.29) is 28.9 Å². The van der Waals surface area contributed by atoms with Crippen LogP contribution in [0, 0.1) is 11.3 Å². The summed E-state index contributed by atoms with van der Waals surface area (Å²) >= 11 is 0. The van der Waals surface area contributed by atoms with Crippen molar-refractivity contribution in [1.29, 1.82) is 0 Å². The van der Waals surface area contributed by atoms with Gasteiger partial charge < -0.3 is 25.7 Å². The summed E-state index contributed by atoms with van der Waals surface area (Å²) in [5.41, 5.74) is -0.329. The number of benzene rings is 1. The number of carbonyl (C=O) groups is 4. The van der Waals surface area contributed by atoms with Gasteiger partial charge in [0.1, 0.15) is 6.04 Å². The van der Waals surface area contributed by atoms with Crippen LogP contribution in [0.4, 0.5) is 0 Å². The van der Waals surface area contributed by atoms with Gasteiger partial charge in [0.15, 0.2) is 0 Å². The van der Waals surface area contributed by atoms with Crippen molar-refractivity contribution < 1.29 is 29.4 Å². The third kappa shape index (κ3) is 7.89. The van der Waals surface area contributed by atoms with Gasteiger partial charge in [0.2, 0.25) is 11.8 Å². The molecule has 0 fully saturated rings. The van der Waals surface area contributed by atoms with E-state index in [0.717, 1.165) is 5.56 Å². The number of aromatic carboxylic acids is 1. The van der Waals surface area contributed by atoms with Crippen molar-refractivity contribution in [3.05, 3.63) is 47.0 Å². The molecule has 9 heteroatoms. The van der Waals surface area contributed by atoms with Crippen molar-refractivity contribution in [2.24, 2.45) is 11.3 Å². The number of amides is 2. The minimum atomic E-state index is -1.05. The van der Waals surface area contributed by atoms with Crippen molar-refractivity contribution in [3.8, 4) is 0 Å². The van der Waals surface area contributed by atoms with Crippen molar-refractivity contribution in [3.63, 3.8) is 0 Å². The lowest BCUT2D eigenvalue weighted by atomic mass is 9.76. The van der Waals surface area contributed by atoms with Crippen LogP contribution in [0.15, 0.2) is 35.9 Å². The third-order valence-corrected chi connectivity index (χ3v) is 6.78. The molecule has 0 bridgehead atoms. The number of carboxylic acid groups (broad SMARTS) is 2. The molecule has 1 aromatic carbocycles. The number of rotatable bonds is 11. The number of nitrogens with zero attached hydrogens (tertiary/aromatic N) is 1. The fraction of sp³-hybridized carbons (Fsp3) is 0.571. The molecule has 0 aromatic heterocycles. The van der Waals surface area contributed by atoms with Crippen LogP contribution in [0.5, 0.6) is 0 Å². The highest BCUT2D eigenvalue weighted by molar-refractivity contribution is 5.92. The zero-order valence-electron chi connectivity index (χ0n) is 23.7. The zero-order valence-corrected chi connectivity index (χ0v) is 23.7. The first-order chi connectivity index (χ1) is 16.9. The van der Waals surface area contributed by atoms with Gasteiger partial charge in [-0.15, -0.1) is 0 Å². The Morgan fingerprint density at radius 3 is 1.84 bits per heavy atom. The summed E-state index contributed by atoms with van der Waals surface area (Å²) in [7, 11) is 3.28. The van der Waals surface area contributed by atoms with Gasteiger partial charge >= 0.3 is 11.9 Å². The Morgan fingerprint density at radius 2 is 1.46 bits per heavy atom. The lowest BCUT2D eigenvalue weighted by Crippen LogP contribution is -2.61. The second-order valence-electron chi connectivity index (χ2n) is 11.5. The number of hydrogen-bond donors (Lipinski definition) is 4. The molecule has 2 amide bonds. The fourth-order valence-corrected chi connectivity index (χ4v) is 4.33. The summed E-state index contributed by atoms with van der Waals surface area (Å²) in [4.78, 5) is 51.4. The Kier molecular flexibility index (Phi) is 10.6. The molecule has 9 nitrogen and oxygen atoms in total. The number of hydrogen-bond acceptors (Lipinski definition) is 5. The number of carboxylic acids is 2. The summed E-state index contributed by atoms with van der Waals surface area (Å²) in [6.07, 6.45) is 1.56. The summed E-state index contributed by atoms with van der Waals surface area (Å²) < 4.78 is 0. The Morgan fingerprint density at radius 1 is 0.946 bits per heavy atom. The molecule has 37 heavy (non-hydrogen) atoms. The highest BCUT2D eigenvalue weighted by Gasteiger charge is 2.41. The third-order valence-electron chi connectivity index (χ3n) is 6.78. The van der Waals surface area contributed by atoms with E-state index in [0.29, 0.717) is 0 Å². The molecule has 0 aliphatic heterocycles. The average molecular weight is 518 g/mol. The molecule has 0 spiro atoms. The van der Waals surface area contributed by atoms with E-state index in [1.165, 1.54) is 24.0 Å². The smallest absolute Gasteiger partial charge is 0.335 e. The van der Waals surface area contributed by atoms with Crippen molar-refractivity contribution in [2.45, 2.75) is 78.9 Å². The van der Waals surface area contributed by atoms with Gasteiger partial charge in [-0.05, 0) is 43.0 Å². The summed E-state index contributed by atoms with van der Waals surface area (Å²) in [5.74, 6) is -2.85. The monoisotopic (exact) mass is 517 g/mol. The zero-order chi connectivity index (χ0) is 28.9. The lowest BCUT2D eigenvalue weighted by Gasteiger charge is -2.40. The Balaban J connectivity index is 3.32. The van der Waals surface area contributed by atoms with Gasteiger partial charge in [-0.1, -0.05) is 66.7 Å². The highest BCUT2D eigenvalue weighted by Crippen LogP contribution is 2.29. The molecular weight excluding hydrogens is 474 g/mol. The van der Waals surface area contributed by atoms with Crippen LogP contribution < -0.4 is 10.6 Å². The molecular formula is C28H43N3O6. The van der Waals surface area contributed by atoms with Crippen LogP contribution in [-0.2, 0) is 19.8 Å². The van der Waals surface area contributed by atoms with E-state index in [2.05, 4.69) is 10.6 Å². The molecule has 206 valence electrons. The van der Waals surface area contributed by atoms with E-state index in [1.807, 2.05) is 48.5 Å². The first-order valence-corrected chi connectivity index (χ1v) is 12.4. The number of aliphatic carboxylic acids is 1. The first-order valence-electron chi connectivity index (χ1n) is 12.4. The second kappa shape index (κ2) is 12.4. The summed E-state index contributed by atoms with van der Waals surface area (Å²) in [5, 5.41) is 24.5. The predicted octanol–water partition coefficient (Wildman–Crippen LogP) is 3.30. The van der Waals surface area contributed by atoms with Crippen LogP contribution in [0.1, 0.15) is 71.3 Å². The van der Waals surface area contributed by atoms with Crippen LogP contribution >= 0.6 is 0 Å². The maximum atomic E-state index is 13.7. The van der Waals surface area contributed by atoms with Crippen LogP contribution in [-0.4, -0.2) is 71.1 Å². The normalized spacial score (nSPS) is 15.1. The minimum absolute atomic E-state index is 0.0580. The van der Waals surface area contributed by atoms with Crippen molar-refractivity contribution in [1.82, 2.24) is 15.5 Å². The van der Waals surface area contributed by atoms with Crippen LogP contribution in [0.25, 0.3) is 0 Å². The number of nitrogens with one attached hydrogen (secondary N) is 2. The lowest BCUT2D eigenvalue weighted by molar-refractivity contribution is -0.141. The number of carbonyl (C=O) groups excluding carboxylic acids is 2. The predicted molar refractivity (Wildman–Crippen MR) is 143 cm³/mol. The number of likely N-dealkylation sites (N-methyl/N-ethyl adjacent to an activating group) is 2. The van der Waals surface area contributed by atoms with Crippen molar-refractivity contribution >= 4 is 23.8 Å². The van der Waals surface area contributed by atoms with Crippen LogP contribution in [0.2, 0.25) is 0 Å². The molecule has 0 heterocycles. The van der Waals surface area contributed by atoms with E-state index in [4.69, 9.17) is 0 Å². The topological polar surface area (TPSA) is 136 Å². The molecule has 0 radical (unpaired) electrons. The van der Waals surface area contributed by atoms with Gasteiger partial charge in [0, 0.05) is 18.0 Å². The molecule has 1 aromatic rings. The summed E-state index contributed by atoms with van der Waals surface area (Å²) in [6, 6.07) is 4.27. The largest absolute Gasteiger partial charge is 0.478 e. The maximum absolute atomic E-state index is 13.7. The van der Waals surface area contributed by atoms with E-state index >= 15 is 0 Å². The Hall–Kier alpha value is -3.20. The first kappa shape index (κ1) is 31.8. The quantitative estimate of drug-likeness (QED) is 0.331. The van der Waals surface area contributed by atoms with Gasteiger partial charge in [-0.2, -0.15) is 0 Å². The minimum Gasteiger partial charge on any atom is -0.478 e. The van der Waals surface area contributed by atoms with Crippen molar-refractivity contribution in [2.75, 3.05) is 14.1 Å².